The summed E-state index contributed by atoms with van der Waals surface area (Å²) in [4.78, 5) is 38.9. The van der Waals surface area contributed by atoms with Crippen molar-refractivity contribution in [2.24, 2.45) is 0 Å². The van der Waals surface area contributed by atoms with Crippen LogP contribution in [0.5, 0.6) is 5.75 Å². The van der Waals surface area contributed by atoms with Crippen LogP contribution in [0.2, 0.25) is 0 Å². The highest BCUT2D eigenvalue weighted by Crippen LogP contribution is 2.23. The van der Waals surface area contributed by atoms with Gasteiger partial charge in [0.05, 0.1) is 5.56 Å². The van der Waals surface area contributed by atoms with Crippen molar-refractivity contribution in [2.75, 3.05) is 18.5 Å². The van der Waals surface area contributed by atoms with E-state index in [2.05, 4.69) is 33.0 Å². The zero-order valence-electron chi connectivity index (χ0n) is 20.4. The number of nitrogens with zero attached hydrogens (tertiary/aromatic N) is 1. The number of piperidine rings is 1. The Morgan fingerprint density at radius 3 is 2.15 bits per heavy atom. The molecule has 2 aromatic carbocycles. The van der Waals surface area contributed by atoms with Crippen LogP contribution in [0.4, 0.5) is 5.69 Å². The van der Waals surface area contributed by atoms with E-state index in [4.69, 9.17) is 9.47 Å². The number of likely N-dealkylation sites (tertiary alicyclic amines) is 1. The molecule has 0 spiro atoms. The molecule has 1 aliphatic rings. The highest BCUT2D eigenvalue weighted by molar-refractivity contribution is 5.95. The van der Waals surface area contributed by atoms with Crippen molar-refractivity contribution in [3.05, 3.63) is 59.7 Å². The van der Waals surface area contributed by atoms with Crippen LogP contribution < -0.4 is 10.1 Å². The average molecular weight is 467 g/mol. The van der Waals surface area contributed by atoms with Gasteiger partial charge >= 0.3 is 5.97 Å². The van der Waals surface area contributed by atoms with E-state index in [0.29, 0.717) is 22.9 Å². The van der Waals surface area contributed by atoms with Gasteiger partial charge in [0, 0.05) is 17.8 Å². The van der Waals surface area contributed by atoms with E-state index >= 15 is 0 Å². The largest absolute Gasteiger partial charge is 0.484 e. The van der Waals surface area contributed by atoms with Crippen molar-refractivity contribution in [1.29, 1.82) is 0 Å². The molecular weight excluding hydrogens is 432 g/mol. The predicted octanol–water partition coefficient (Wildman–Crippen LogP) is 4.77. The van der Waals surface area contributed by atoms with Crippen molar-refractivity contribution in [3.8, 4) is 5.75 Å². The number of amides is 2. The topological polar surface area (TPSA) is 84.9 Å². The third-order valence-corrected chi connectivity index (χ3v) is 6.13. The van der Waals surface area contributed by atoms with Gasteiger partial charge in [0.25, 0.3) is 11.8 Å². The summed E-state index contributed by atoms with van der Waals surface area (Å²) in [6, 6.07) is 14.3. The molecule has 1 saturated heterocycles. The lowest BCUT2D eigenvalue weighted by atomic mass is 9.97. The number of nitrogens with one attached hydrogen (secondary N) is 1. The van der Waals surface area contributed by atoms with Crippen molar-refractivity contribution in [3.63, 3.8) is 0 Å². The molecule has 2 unspecified atom stereocenters. The van der Waals surface area contributed by atoms with Gasteiger partial charge in [-0.2, -0.15) is 0 Å². The van der Waals surface area contributed by atoms with Gasteiger partial charge in [-0.3, -0.25) is 9.59 Å². The van der Waals surface area contributed by atoms with E-state index in [0.717, 1.165) is 19.3 Å². The minimum atomic E-state index is -0.608. The van der Waals surface area contributed by atoms with E-state index < -0.39 is 11.9 Å². The van der Waals surface area contributed by atoms with Crippen LogP contribution in [0.25, 0.3) is 0 Å². The average Bonchev–Trinajstić information content (AvgIpc) is 2.82. The molecule has 1 heterocycles. The quantitative estimate of drug-likeness (QED) is 0.566. The maximum Gasteiger partial charge on any atom is 0.338 e. The van der Waals surface area contributed by atoms with Crippen molar-refractivity contribution >= 4 is 23.5 Å². The summed E-state index contributed by atoms with van der Waals surface area (Å²) in [7, 11) is 0. The summed E-state index contributed by atoms with van der Waals surface area (Å²) in [6.45, 7) is 7.90. The van der Waals surface area contributed by atoms with Crippen LogP contribution in [-0.2, 0) is 14.3 Å². The second-order valence-corrected chi connectivity index (χ2v) is 9.14. The lowest BCUT2D eigenvalue weighted by Crippen LogP contribution is -2.49. The fourth-order valence-corrected chi connectivity index (χ4v) is 4.18. The van der Waals surface area contributed by atoms with Crippen molar-refractivity contribution in [2.45, 2.75) is 65.0 Å². The van der Waals surface area contributed by atoms with E-state index in [-0.39, 0.29) is 31.2 Å². The van der Waals surface area contributed by atoms with Crippen LogP contribution in [0, 0.1) is 0 Å². The molecular formula is C27H34N2O5. The van der Waals surface area contributed by atoms with Gasteiger partial charge in [-0.1, -0.05) is 26.0 Å². The van der Waals surface area contributed by atoms with Gasteiger partial charge in [0.2, 0.25) is 0 Å². The zero-order chi connectivity index (χ0) is 24.7. The van der Waals surface area contributed by atoms with E-state index in [1.165, 1.54) is 5.56 Å². The Morgan fingerprint density at radius 2 is 1.56 bits per heavy atom. The van der Waals surface area contributed by atoms with Crippen LogP contribution in [0.1, 0.15) is 68.8 Å². The maximum atomic E-state index is 12.6. The molecule has 3 rings (SSSR count). The molecule has 7 heteroatoms. The number of ether oxygens (including phenoxy) is 2. The number of anilines is 1. The van der Waals surface area contributed by atoms with Crippen molar-refractivity contribution < 1.29 is 23.9 Å². The highest BCUT2D eigenvalue weighted by Gasteiger charge is 2.29. The Hall–Kier alpha value is -3.35. The minimum absolute atomic E-state index is 0.0342. The summed E-state index contributed by atoms with van der Waals surface area (Å²) in [5.74, 6) is -0.155. The second-order valence-electron chi connectivity index (χ2n) is 9.14. The number of hydrogen-bond acceptors (Lipinski definition) is 5. The van der Waals surface area contributed by atoms with Crippen LogP contribution in [-0.4, -0.2) is 48.0 Å². The molecule has 1 N–H and O–H groups in total. The first-order valence-electron chi connectivity index (χ1n) is 11.9. The summed E-state index contributed by atoms with van der Waals surface area (Å²) in [6.07, 6.45) is 3.15. The third-order valence-electron chi connectivity index (χ3n) is 6.13. The molecule has 0 saturated carbocycles. The molecule has 2 amide bonds. The maximum absolute atomic E-state index is 12.6. The first kappa shape index (κ1) is 25.3. The Kier molecular flexibility index (Phi) is 8.68. The molecule has 182 valence electrons. The van der Waals surface area contributed by atoms with Gasteiger partial charge in [-0.15, -0.1) is 0 Å². The lowest BCUT2D eigenvalue weighted by Gasteiger charge is -2.38. The smallest absolute Gasteiger partial charge is 0.338 e. The number of benzene rings is 2. The van der Waals surface area contributed by atoms with E-state index in [9.17, 15) is 14.4 Å². The number of carbonyl (C=O) groups is 3. The molecule has 1 aliphatic heterocycles. The number of hydrogen-bond donors (Lipinski definition) is 1. The van der Waals surface area contributed by atoms with Gasteiger partial charge < -0.3 is 19.7 Å². The normalized spacial score (nSPS) is 17.9. The standard InChI is InChI=1S/C27H34N2O5/c1-18(2)21-8-12-23(13-9-21)28-25(30)16-34-27(32)22-10-14-24(15-11-22)33-17-26(31)29-19(3)6-5-7-20(29)4/h8-15,18-20H,5-7,16-17H2,1-4H3,(H,28,30). The Labute approximate surface area is 201 Å². The molecule has 0 bridgehead atoms. The summed E-state index contributed by atoms with van der Waals surface area (Å²) in [5, 5.41) is 2.71. The van der Waals surface area contributed by atoms with Gasteiger partial charge in [0.15, 0.2) is 13.2 Å². The number of carbonyl (C=O) groups excluding carboxylic acids is 3. The Morgan fingerprint density at radius 1 is 0.941 bits per heavy atom. The lowest BCUT2D eigenvalue weighted by molar-refractivity contribution is -0.139. The molecule has 2 atom stereocenters. The monoisotopic (exact) mass is 466 g/mol. The molecule has 7 nitrogen and oxygen atoms in total. The molecule has 2 aromatic rings. The van der Waals surface area contributed by atoms with Gasteiger partial charge in [0.1, 0.15) is 5.75 Å². The van der Waals surface area contributed by atoms with Crippen molar-refractivity contribution in [1.82, 2.24) is 4.90 Å². The number of rotatable bonds is 8. The SMILES string of the molecule is CC(C)c1ccc(NC(=O)COC(=O)c2ccc(OCC(=O)N3C(C)CCCC3C)cc2)cc1. The van der Waals surface area contributed by atoms with E-state index in [1.54, 1.807) is 24.3 Å². The van der Waals surface area contributed by atoms with Crippen LogP contribution in [0.3, 0.4) is 0 Å². The Balaban J connectivity index is 1.44. The molecule has 0 radical (unpaired) electrons. The summed E-state index contributed by atoms with van der Waals surface area (Å²) in [5.41, 5.74) is 2.12. The van der Waals surface area contributed by atoms with Crippen LogP contribution >= 0.6 is 0 Å². The number of esters is 1. The van der Waals surface area contributed by atoms with Crippen LogP contribution in [0.15, 0.2) is 48.5 Å². The third kappa shape index (κ3) is 6.83. The molecule has 1 fully saturated rings. The highest BCUT2D eigenvalue weighted by atomic mass is 16.5. The van der Waals surface area contributed by atoms with Gasteiger partial charge in [-0.25, -0.2) is 4.79 Å². The predicted molar refractivity (Wildman–Crippen MR) is 131 cm³/mol. The molecule has 34 heavy (non-hydrogen) atoms. The second kappa shape index (κ2) is 11.7. The first-order valence-corrected chi connectivity index (χ1v) is 11.9. The Bertz CT molecular complexity index is 975. The summed E-state index contributed by atoms with van der Waals surface area (Å²) >= 11 is 0. The zero-order valence-corrected chi connectivity index (χ0v) is 20.4. The van der Waals surface area contributed by atoms with Gasteiger partial charge in [-0.05, 0) is 81.0 Å². The molecule has 0 aliphatic carbocycles. The molecule has 0 aromatic heterocycles. The fourth-order valence-electron chi connectivity index (χ4n) is 4.18. The summed E-state index contributed by atoms with van der Waals surface area (Å²) < 4.78 is 10.7. The van der Waals surface area contributed by atoms with E-state index in [1.807, 2.05) is 29.2 Å². The first-order chi connectivity index (χ1) is 16.2. The minimum Gasteiger partial charge on any atom is -0.484 e. The fraction of sp³-hybridized carbons (Fsp3) is 0.444.